The lowest BCUT2D eigenvalue weighted by Crippen LogP contribution is -2.65. The first-order valence-corrected chi connectivity index (χ1v) is 11.7. The van der Waals surface area contributed by atoms with Crippen LogP contribution >= 0.6 is 0 Å². The summed E-state index contributed by atoms with van der Waals surface area (Å²) in [5, 5.41) is 6.92. The minimum Gasteiger partial charge on any atom is -0.351 e. The van der Waals surface area contributed by atoms with Crippen LogP contribution in [0.25, 0.3) is 10.9 Å². The molecule has 3 amide bonds. The summed E-state index contributed by atoms with van der Waals surface area (Å²) in [6.45, 7) is 8.40. The smallest absolute Gasteiger partial charge is 0.273 e. The fourth-order valence-electron chi connectivity index (χ4n) is 5.08. The maximum absolute atomic E-state index is 13.9. The van der Waals surface area contributed by atoms with Crippen LogP contribution in [-0.4, -0.2) is 45.3 Å². The number of nitrogens with one attached hydrogen (secondary N) is 2. The molecule has 0 saturated heterocycles. The van der Waals surface area contributed by atoms with Crippen LogP contribution in [-0.2, 0) is 16.1 Å². The number of anilines is 1. The average molecular weight is 439 g/mol. The molecule has 7 nitrogen and oxygen atoms in total. The van der Waals surface area contributed by atoms with E-state index in [1.807, 2.05) is 35.8 Å². The number of fused-ring (bicyclic) bond motifs is 3. The molecule has 172 valence electrons. The SMILES string of the molecule is CC(=O)Nc1c2n(c3ccccc13)C[C@@](C)(C(=O)NC1CCCC1)N(CCC(C)C)C2=O. The van der Waals surface area contributed by atoms with Crippen molar-refractivity contribution in [3.05, 3.63) is 30.0 Å². The Hall–Kier alpha value is -2.83. The van der Waals surface area contributed by atoms with Gasteiger partial charge in [-0.25, -0.2) is 0 Å². The van der Waals surface area contributed by atoms with Crippen LogP contribution in [0.2, 0.25) is 0 Å². The molecule has 2 N–H and O–H groups in total. The highest BCUT2D eigenvalue weighted by molar-refractivity contribution is 6.14. The summed E-state index contributed by atoms with van der Waals surface area (Å²) in [7, 11) is 0. The number of hydrogen-bond donors (Lipinski definition) is 2. The fourth-order valence-corrected chi connectivity index (χ4v) is 5.08. The molecule has 1 aliphatic carbocycles. The summed E-state index contributed by atoms with van der Waals surface area (Å²) in [6, 6.07) is 7.84. The Morgan fingerprint density at radius 2 is 1.88 bits per heavy atom. The first-order valence-electron chi connectivity index (χ1n) is 11.7. The molecule has 2 aliphatic rings. The zero-order valence-electron chi connectivity index (χ0n) is 19.5. The Labute approximate surface area is 189 Å². The number of aromatic nitrogens is 1. The second-order valence-corrected chi connectivity index (χ2v) is 9.88. The van der Waals surface area contributed by atoms with E-state index in [0.29, 0.717) is 30.4 Å². The number of benzene rings is 1. The van der Waals surface area contributed by atoms with Crippen LogP contribution in [0.4, 0.5) is 5.69 Å². The van der Waals surface area contributed by atoms with Crippen molar-refractivity contribution < 1.29 is 14.4 Å². The molecular formula is C25H34N4O3. The average Bonchev–Trinajstić information content (AvgIpc) is 3.34. The molecule has 2 heterocycles. The van der Waals surface area contributed by atoms with Crippen LogP contribution in [0.15, 0.2) is 24.3 Å². The predicted molar refractivity (Wildman–Crippen MR) is 126 cm³/mol. The van der Waals surface area contributed by atoms with Gasteiger partial charge in [0.25, 0.3) is 5.91 Å². The van der Waals surface area contributed by atoms with E-state index in [1.165, 1.54) is 6.92 Å². The van der Waals surface area contributed by atoms with Crippen molar-refractivity contribution in [3.8, 4) is 0 Å². The molecule has 0 unspecified atom stereocenters. The van der Waals surface area contributed by atoms with Crippen LogP contribution in [0.1, 0.15) is 70.3 Å². The summed E-state index contributed by atoms with van der Waals surface area (Å²) in [4.78, 5) is 41.2. The molecule has 2 aromatic rings. The number of nitrogens with zero attached hydrogens (tertiary/aromatic N) is 2. The van der Waals surface area contributed by atoms with Gasteiger partial charge in [-0.2, -0.15) is 0 Å². The second-order valence-electron chi connectivity index (χ2n) is 9.88. The third kappa shape index (κ3) is 3.89. The Kier molecular flexibility index (Phi) is 6.01. The van der Waals surface area contributed by atoms with Crippen molar-refractivity contribution in [1.29, 1.82) is 0 Å². The van der Waals surface area contributed by atoms with Gasteiger partial charge >= 0.3 is 0 Å². The van der Waals surface area contributed by atoms with Crippen LogP contribution in [0, 0.1) is 5.92 Å². The highest BCUT2D eigenvalue weighted by atomic mass is 16.2. The largest absolute Gasteiger partial charge is 0.351 e. The summed E-state index contributed by atoms with van der Waals surface area (Å²) in [5.74, 6) is -0.127. The standard InChI is InChI=1S/C25H34N4O3/c1-16(2)13-14-29-23(31)22-21(26-17(3)30)19-11-7-8-12-20(19)28(22)15-25(29,4)24(32)27-18-9-5-6-10-18/h7-8,11-12,16,18H,5-6,9-10,13-15H2,1-4H3,(H,26,30)(H,27,32)/t25-/m0/s1. The Morgan fingerprint density at radius 3 is 2.53 bits per heavy atom. The Morgan fingerprint density at radius 1 is 1.19 bits per heavy atom. The van der Waals surface area contributed by atoms with Gasteiger partial charge in [-0.1, -0.05) is 44.9 Å². The van der Waals surface area contributed by atoms with Crippen molar-refractivity contribution in [3.63, 3.8) is 0 Å². The van der Waals surface area contributed by atoms with Crippen molar-refractivity contribution in [1.82, 2.24) is 14.8 Å². The van der Waals surface area contributed by atoms with Gasteiger partial charge in [0.15, 0.2) is 0 Å². The number of amides is 3. The molecule has 1 aromatic carbocycles. The van der Waals surface area contributed by atoms with Gasteiger partial charge in [-0.3, -0.25) is 14.4 Å². The predicted octanol–water partition coefficient (Wildman–Crippen LogP) is 3.92. The van der Waals surface area contributed by atoms with E-state index in [9.17, 15) is 14.4 Å². The first kappa shape index (κ1) is 22.4. The molecule has 4 rings (SSSR count). The molecular weight excluding hydrogens is 404 g/mol. The van der Waals surface area contributed by atoms with Gasteiger partial charge in [0, 0.05) is 24.9 Å². The highest BCUT2D eigenvalue weighted by Crippen LogP contribution is 2.39. The number of hydrogen-bond acceptors (Lipinski definition) is 3. The van der Waals surface area contributed by atoms with Gasteiger partial charge < -0.3 is 20.1 Å². The van der Waals surface area contributed by atoms with E-state index < -0.39 is 5.54 Å². The van der Waals surface area contributed by atoms with Gasteiger partial charge in [0.2, 0.25) is 11.8 Å². The molecule has 32 heavy (non-hydrogen) atoms. The number of carbonyl (C=O) groups is 3. The van der Waals surface area contributed by atoms with E-state index in [2.05, 4.69) is 24.5 Å². The van der Waals surface area contributed by atoms with Crippen LogP contribution < -0.4 is 10.6 Å². The van der Waals surface area contributed by atoms with Crippen molar-refractivity contribution in [2.24, 2.45) is 5.92 Å². The molecule has 1 fully saturated rings. The van der Waals surface area contributed by atoms with Gasteiger partial charge in [-0.05, 0) is 38.2 Å². The van der Waals surface area contributed by atoms with E-state index in [-0.39, 0.29) is 23.8 Å². The van der Waals surface area contributed by atoms with E-state index in [0.717, 1.165) is 43.0 Å². The minimum atomic E-state index is -1.00. The number of carbonyl (C=O) groups excluding carboxylic acids is 3. The zero-order valence-corrected chi connectivity index (χ0v) is 19.5. The number of rotatable bonds is 6. The third-order valence-electron chi connectivity index (χ3n) is 6.89. The van der Waals surface area contributed by atoms with E-state index in [1.54, 1.807) is 4.90 Å². The van der Waals surface area contributed by atoms with Gasteiger partial charge in [0.1, 0.15) is 11.2 Å². The summed E-state index contributed by atoms with van der Waals surface area (Å²) in [5.41, 5.74) is 0.835. The lowest BCUT2D eigenvalue weighted by molar-refractivity contribution is -0.133. The van der Waals surface area contributed by atoms with Crippen LogP contribution in [0.3, 0.4) is 0 Å². The zero-order chi connectivity index (χ0) is 23.0. The van der Waals surface area contributed by atoms with Crippen LogP contribution in [0.5, 0.6) is 0 Å². The number of para-hydroxylation sites is 1. The molecule has 7 heteroatoms. The highest BCUT2D eigenvalue weighted by Gasteiger charge is 2.49. The van der Waals surface area contributed by atoms with E-state index >= 15 is 0 Å². The van der Waals surface area contributed by atoms with E-state index in [4.69, 9.17) is 0 Å². The van der Waals surface area contributed by atoms with Crippen molar-refractivity contribution >= 4 is 34.3 Å². The quantitative estimate of drug-likeness (QED) is 0.717. The monoisotopic (exact) mass is 438 g/mol. The van der Waals surface area contributed by atoms with Crippen molar-refractivity contribution in [2.45, 2.75) is 77.9 Å². The summed E-state index contributed by atoms with van der Waals surface area (Å²) < 4.78 is 1.92. The van der Waals surface area contributed by atoms with Gasteiger partial charge in [-0.15, -0.1) is 0 Å². The topological polar surface area (TPSA) is 83.4 Å². The summed E-state index contributed by atoms with van der Waals surface area (Å²) in [6.07, 6.45) is 5.04. The molecule has 1 aromatic heterocycles. The molecule has 1 atom stereocenters. The second kappa shape index (κ2) is 8.60. The fraction of sp³-hybridized carbons (Fsp3) is 0.560. The third-order valence-corrected chi connectivity index (χ3v) is 6.89. The molecule has 0 bridgehead atoms. The van der Waals surface area contributed by atoms with Gasteiger partial charge in [0.05, 0.1) is 17.7 Å². The van der Waals surface area contributed by atoms with Crippen molar-refractivity contribution in [2.75, 3.05) is 11.9 Å². The summed E-state index contributed by atoms with van der Waals surface area (Å²) >= 11 is 0. The maximum atomic E-state index is 13.9. The Balaban J connectivity index is 1.81. The molecule has 0 spiro atoms. The first-order chi connectivity index (χ1) is 15.2. The molecule has 1 saturated carbocycles. The Bertz CT molecular complexity index is 1050. The normalized spacial score (nSPS) is 21.3. The minimum absolute atomic E-state index is 0.0917. The lowest BCUT2D eigenvalue weighted by atomic mass is 9.93. The lowest BCUT2D eigenvalue weighted by Gasteiger charge is -2.45. The molecule has 1 aliphatic heterocycles. The maximum Gasteiger partial charge on any atom is 0.273 e. The molecule has 0 radical (unpaired) electrons.